The summed E-state index contributed by atoms with van der Waals surface area (Å²) < 4.78 is 13.0. The molecule has 0 heterocycles. The third-order valence-corrected chi connectivity index (χ3v) is 4.20. The number of rotatable bonds is 7. The maximum absolute atomic E-state index is 13.0. The average molecular weight is 375 g/mol. The minimum atomic E-state index is -1.09. The molecule has 0 bridgehead atoms. The Hall–Kier alpha value is -2.53. The summed E-state index contributed by atoms with van der Waals surface area (Å²) >= 11 is 6.09. The molecule has 4 nitrogen and oxygen atoms in total. The number of Topliss-reactive ketones (excluding diaryl/α,β-unsaturated/α-hetero) is 1. The van der Waals surface area contributed by atoms with E-state index >= 15 is 0 Å². The SMILES string of the molecule is CCNC(=O)C(C=NC(C)c1ccc(F)cc1)C(=O)c1ccccc1Cl. The van der Waals surface area contributed by atoms with Crippen LogP contribution in [0.4, 0.5) is 4.39 Å². The zero-order valence-electron chi connectivity index (χ0n) is 14.6. The van der Waals surface area contributed by atoms with E-state index in [0.29, 0.717) is 6.54 Å². The standard InChI is InChI=1S/C20H20ClFN2O2/c1-3-23-20(26)17(19(25)16-6-4-5-7-18(16)21)12-24-13(2)14-8-10-15(22)11-9-14/h4-13,17H,3H2,1-2H3,(H,23,26). The van der Waals surface area contributed by atoms with Gasteiger partial charge in [0.1, 0.15) is 11.7 Å². The van der Waals surface area contributed by atoms with Crippen molar-refractivity contribution in [3.63, 3.8) is 0 Å². The maximum atomic E-state index is 13.0. The van der Waals surface area contributed by atoms with E-state index < -0.39 is 17.6 Å². The Morgan fingerprint density at radius 2 is 1.85 bits per heavy atom. The minimum Gasteiger partial charge on any atom is -0.355 e. The summed E-state index contributed by atoms with van der Waals surface area (Å²) in [6.45, 7) is 3.97. The average Bonchev–Trinajstić information content (AvgIpc) is 2.62. The molecule has 6 heteroatoms. The van der Waals surface area contributed by atoms with E-state index in [0.717, 1.165) is 5.56 Å². The van der Waals surface area contributed by atoms with Crippen molar-refractivity contribution in [3.8, 4) is 0 Å². The van der Waals surface area contributed by atoms with E-state index in [1.54, 1.807) is 50.2 Å². The van der Waals surface area contributed by atoms with Crippen LogP contribution in [-0.4, -0.2) is 24.4 Å². The number of aliphatic imine (C=N–C) groups is 1. The van der Waals surface area contributed by atoms with Crippen LogP contribution in [0.5, 0.6) is 0 Å². The number of nitrogens with zero attached hydrogens (tertiary/aromatic N) is 1. The van der Waals surface area contributed by atoms with Crippen LogP contribution in [0.25, 0.3) is 0 Å². The van der Waals surface area contributed by atoms with Crippen LogP contribution < -0.4 is 5.32 Å². The van der Waals surface area contributed by atoms with Crippen molar-refractivity contribution in [2.24, 2.45) is 10.9 Å². The molecule has 0 aliphatic carbocycles. The predicted molar refractivity (Wildman–Crippen MR) is 101 cm³/mol. The monoisotopic (exact) mass is 374 g/mol. The van der Waals surface area contributed by atoms with E-state index in [9.17, 15) is 14.0 Å². The molecule has 26 heavy (non-hydrogen) atoms. The second-order valence-corrected chi connectivity index (χ2v) is 6.15. The van der Waals surface area contributed by atoms with Gasteiger partial charge in [0.25, 0.3) is 0 Å². The summed E-state index contributed by atoms with van der Waals surface area (Å²) in [7, 11) is 0. The summed E-state index contributed by atoms with van der Waals surface area (Å²) in [5, 5.41) is 2.93. The summed E-state index contributed by atoms with van der Waals surface area (Å²) in [6.07, 6.45) is 1.34. The van der Waals surface area contributed by atoms with Crippen molar-refractivity contribution in [1.82, 2.24) is 5.32 Å². The Balaban J connectivity index is 2.27. The van der Waals surface area contributed by atoms with Gasteiger partial charge in [-0.3, -0.25) is 14.6 Å². The Kier molecular flexibility index (Phi) is 7.04. The lowest BCUT2D eigenvalue weighted by atomic mass is 9.97. The van der Waals surface area contributed by atoms with Crippen molar-refractivity contribution in [2.45, 2.75) is 19.9 Å². The molecule has 0 radical (unpaired) electrons. The number of carbonyl (C=O) groups is 2. The van der Waals surface area contributed by atoms with Gasteiger partial charge in [0.05, 0.1) is 11.1 Å². The van der Waals surface area contributed by atoms with Gasteiger partial charge >= 0.3 is 0 Å². The summed E-state index contributed by atoms with van der Waals surface area (Å²) in [4.78, 5) is 29.5. The van der Waals surface area contributed by atoms with Crippen molar-refractivity contribution in [2.75, 3.05) is 6.54 Å². The molecular formula is C20H20ClFN2O2. The van der Waals surface area contributed by atoms with Crippen molar-refractivity contribution >= 4 is 29.5 Å². The van der Waals surface area contributed by atoms with Crippen molar-refractivity contribution in [3.05, 3.63) is 70.5 Å². The molecule has 0 fully saturated rings. The number of amides is 1. The second kappa shape index (κ2) is 9.25. The van der Waals surface area contributed by atoms with Gasteiger partial charge in [-0.25, -0.2) is 4.39 Å². The summed E-state index contributed by atoms with van der Waals surface area (Å²) in [6, 6.07) is 12.2. The largest absolute Gasteiger partial charge is 0.355 e. The number of benzene rings is 2. The van der Waals surface area contributed by atoms with E-state index in [2.05, 4.69) is 10.3 Å². The van der Waals surface area contributed by atoms with Gasteiger partial charge in [0.15, 0.2) is 5.78 Å². The smallest absolute Gasteiger partial charge is 0.236 e. The first kappa shape index (κ1) is 19.8. The first-order valence-electron chi connectivity index (χ1n) is 8.29. The van der Waals surface area contributed by atoms with Crippen LogP contribution in [-0.2, 0) is 4.79 Å². The lowest BCUT2D eigenvalue weighted by molar-refractivity contribution is -0.121. The number of hydrogen-bond donors (Lipinski definition) is 1. The first-order chi connectivity index (χ1) is 12.4. The highest BCUT2D eigenvalue weighted by molar-refractivity contribution is 6.35. The fraction of sp³-hybridized carbons (Fsp3) is 0.250. The van der Waals surface area contributed by atoms with E-state index in [-0.39, 0.29) is 22.4 Å². The number of halogens is 2. The van der Waals surface area contributed by atoms with Gasteiger partial charge in [0.2, 0.25) is 5.91 Å². The molecule has 2 atom stereocenters. The Labute approximate surface area is 157 Å². The second-order valence-electron chi connectivity index (χ2n) is 5.74. The molecule has 0 saturated carbocycles. The van der Waals surface area contributed by atoms with Crippen LogP contribution in [0.3, 0.4) is 0 Å². The molecule has 0 aliphatic heterocycles. The van der Waals surface area contributed by atoms with Gasteiger partial charge in [0, 0.05) is 18.3 Å². The topological polar surface area (TPSA) is 58.5 Å². The third-order valence-electron chi connectivity index (χ3n) is 3.87. The lowest BCUT2D eigenvalue weighted by Gasteiger charge is -2.13. The fourth-order valence-corrected chi connectivity index (χ4v) is 2.64. The van der Waals surface area contributed by atoms with Crippen LogP contribution >= 0.6 is 11.6 Å². The third kappa shape index (κ3) is 4.99. The molecule has 2 aromatic carbocycles. The minimum absolute atomic E-state index is 0.270. The number of hydrogen-bond acceptors (Lipinski definition) is 3. The van der Waals surface area contributed by atoms with E-state index in [4.69, 9.17) is 11.6 Å². The molecule has 0 aromatic heterocycles. The van der Waals surface area contributed by atoms with Crippen LogP contribution in [0.1, 0.15) is 35.8 Å². The predicted octanol–water partition coefficient (Wildman–Crippen LogP) is 4.25. The molecule has 2 aromatic rings. The van der Waals surface area contributed by atoms with Gasteiger partial charge in [-0.2, -0.15) is 0 Å². The van der Waals surface area contributed by atoms with Gasteiger partial charge < -0.3 is 5.32 Å². The molecule has 1 N–H and O–H groups in total. The zero-order valence-corrected chi connectivity index (χ0v) is 15.3. The highest BCUT2D eigenvalue weighted by Crippen LogP contribution is 2.21. The summed E-state index contributed by atoms with van der Waals surface area (Å²) in [5.41, 5.74) is 1.05. The summed E-state index contributed by atoms with van der Waals surface area (Å²) in [5.74, 6) is -2.28. The van der Waals surface area contributed by atoms with Gasteiger partial charge in [-0.15, -0.1) is 0 Å². The molecular weight excluding hydrogens is 355 g/mol. The number of ketones is 1. The van der Waals surface area contributed by atoms with Crippen LogP contribution in [0, 0.1) is 11.7 Å². The highest BCUT2D eigenvalue weighted by atomic mass is 35.5. The van der Waals surface area contributed by atoms with Crippen LogP contribution in [0.2, 0.25) is 5.02 Å². The molecule has 2 unspecified atom stereocenters. The maximum Gasteiger partial charge on any atom is 0.236 e. The van der Waals surface area contributed by atoms with E-state index in [1.807, 2.05) is 0 Å². The van der Waals surface area contributed by atoms with Crippen molar-refractivity contribution in [1.29, 1.82) is 0 Å². The normalized spacial score (nSPS) is 13.4. The van der Waals surface area contributed by atoms with Crippen LogP contribution in [0.15, 0.2) is 53.5 Å². The Bertz CT molecular complexity index is 806. The van der Waals surface area contributed by atoms with Crippen molar-refractivity contribution < 1.29 is 14.0 Å². The first-order valence-corrected chi connectivity index (χ1v) is 8.67. The molecule has 0 aliphatic rings. The quantitative estimate of drug-likeness (QED) is 0.447. The Morgan fingerprint density at radius 3 is 2.46 bits per heavy atom. The zero-order chi connectivity index (χ0) is 19.1. The van der Waals surface area contributed by atoms with Gasteiger partial charge in [-0.1, -0.05) is 35.9 Å². The molecule has 0 spiro atoms. The molecule has 136 valence electrons. The highest BCUT2D eigenvalue weighted by Gasteiger charge is 2.27. The Morgan fingerprint density at radius 1 is 1.19 bits per heavy atom. The van der Waals surface area contributed by atoms with E-state index in [1.165, 1.54) is 18.3 Å². The lowest BCUT2D eigenvalue weighted by Crippen LogP contribution is -2.36. The molecule has 2 rings (SSSR count). The van der Waals surface area contributed by atoms with Gasteiger partial charge in [-0.05, 0) is 43.7 Å². The molecule has 1 amide bonds. The number of nitrogens with one attached hydrogen (secondary N) is 1. The molecule has 0 saturated heterocycles. The fourth-order valence-electron chi connectivity index (χ4n) is 2.41. The number of carbonyl (C=O) groups excluding carboxylic acids is 2.